The maximum Gasteiger partial charge on any atom is 0.331 e. The van der Waals surface area contributed by atoms with Gasteiger partial charge in [-0.2, -0.15) is 0 Å². The number of benzene rings is 2. The summed E-state index contributed by atoms with van der Waals surface area (Å²) in [7, 11) is 4.63. The highest BCUT2D eigenvalue weighted by Gasteiger charge is 2.07. The van der Waals surface area contributed by atoms with Crippen molar-refractivity contribution in [3.05, 3.63) is 54.1 Å². The van der Waals surface area contributed by atoms with Crippen molar-refractivity contribution >= 4 is 23.6 Å². The third kappa shape index (κ3) is 6.07. The number of carbonyl (C=O) groups is 2. The molecule has 0 heterocycles. The molecule has 0 saturated heterocycles. The molecule has 0 aliphatic rings. The van der Waals surface area contributed by atoms with E-state index >= 15 is 0 Å². The molecule has 1 amide bonds. The van der Waals surface area contributed by atoms with Gasteiger partial charge in [-0.25, -0.2) is 4.79 Å². The normalized spacial score (nSPS) is 10.3. The molecule has 0 aliphatic carbocycles. The van der Waals surface area contributed by atoms with Crippen molar-refractivity contribution in [2.75, 3.05) is 33.3 Å². The summed E-state index contributed by atoms with van der Waals surface area (Å²) in [6, 6.07) is 12.0. The van der Waals surface area contributed by atoms with Crippen molar-refractivity contribution in [3.63, 3.8) is 0 Å². The number of hydrogen-bond donors (Lipinski definition) is 1. The molecule has 0 unspecified atom stereocenters. The molecule has 0 aliphatic heterocycles. The second-order valence-electron chi connectivity index (χ2n) is 5.33. The first-order valence-corrected chi connectivity index (χ1v) is 8.06. The lowest BCUT2D eigenvalue weighted by molar-refractivity contribution is -0.142. The number of hydrogen-bond acceptors (Lipinski definition) is 6. The van der Waals surface area contributed by atoms with Gasteiger partial charge in [0.1, 0.15) is 17.2 Å². The zero-order chi connectivity index (χ0) is 19.6. The van der Waals surface area contributed by atoms with Crippen LogP contribution in [0.25, 0.3) is 6.08 Å². The minimum Gasteiger partial charge on any atom is -0.497 e. The molecule has 0 radical (unpaired) electrons. The standard InChI is InChI=1S/C20H21NO6/c1-24-16-7-5-15(6-8-16)21-19(22)13-27-20(23)11-4-14-12-17(25-2)9-10-18(14)26-3/h4-12H,13H2,1-3H3,(H,21,22)/b11-4+. The highest BCUT2D eigenvalue weighted by atomic mass is 16.5. The summed E-state index contributed by atoms with van der Waals surface area (Å²) in [5.41, 5.74) is 1.23. The van der Waals surface area contributed by atoms with Gasteiger partial charge < -0.3 is 24.3 Å². The predicted octanol–water partition coefficient (Wildman–Crippen LogP) is 2.91. The Morgan fingerprint density at radius 3 is 2.22 bits per heavy atom. The molecule has 0 spiro atoms. The average molecular weight is 371 g/mol. The van der Waals surface area contributed by atoms with Crippen LogP contribution < -0.4 is 19.5 Å². The van der Waals surface area contributed by atoms with Crippen LogP contribution in [-0.4, -0.2) is 39.8 Å². The van der Waals surface area contributed by atoms with E-state index < -0.39 is 18.5 Å². The van der Waals surface area contributed by atoms with E-state index in [1.807, 2.05) is 0 Å². The second-order valence-corrected chi connectivity index (χ2v) is 5.33. The van der Waals surface area contributed by atoms with Crippen LogP contribution in [0.2, 0.25) is 0 Å². The van der Waals surface area contributed by atoms with Gasteiger partial charge in [0.2, 0.25) is 0 Å². The van der Waals surface area contributed by atoms with Crippen LogP contribution in [-0.2, 0) is 14.3 Å². The molecule has 7 heteroatoms. The van der Waals surface area contributed by atoms with Gasteiger partial charge in [-0.15, -0.1) is 0 Å². The first kappa shape index (κ1) is 19.8. The zero-order valence-electron chi connectivity index (χ0n) is 15.4. The average Bonchev–Trinajstić information content (AvgIpc) is 2.71. The summed E-state index contributed by atoms with van der Waals surface area (Å²) in [5.74, 6) is 0.794. The maximum atomic E-state index is 11.8. The third-order valence-electron chi connectivity index (χ3n) is 3.56. The summed E-state index contributed by atoms with van der Waals surface area (Å²) < 4.78 is 20.4. The fourth-order valence-corrected chi connectivity index (χ4v) is 2.18. The summed E-state index contributed by atoms with van der Waals surface area (Å²) >= 11 is 0. The molecule has 0 aromatic heterocycles. The molecule has 7 nitrogen and oxygen atoms in total. The molecule has 2 aromatic rings. The van der Waals surface area contributed by atoms with Gasteiger partial charge in [0.05, 0.1) is 21.3 Å². The number of esters is 1. The number of nitrogens with one attached hydrogen (secondary N) is 1. The summed E-state index contributed by atoms with van der Waals surface area (Å²) in [4.78, 5) is 23.7. The van der Waals surface area contributed by atoms with Crippen molar-refractivity contribution < 1.29 is 28.5 Å². The van der Waals surface area contributed by atoms with Gasteiger partial charge in [-0.3, -0.25) is 4.79 Å². The molecule has 27 heavy (non-hydrogen) atoms. The lowest BCUT2D eigenvalue weighted by atomic mass is 10.1. The van der Waals surface area contributed by atoms with E-state index in [1.165, 1.54) is 19.3 Å². The Bertz CT molecular complexity index is 814. The van der Waals surface area contributed by atoms with E-state index in [4.69, 9.17) is 18.9 Å². The summed E-state index contributed by atoms with van der Waals surface area (Å²) in [6.45, 7) is -0.398. The van der Waals surface area contributed by atoms with Crippen molar-refractivity contribution in [2.24, 2.45) is 0 Å². The molecule has 0 bridgehead atoms. The fraction of sp³-hybridized carbons (Fsp3) is 0.200. The zero-order valence-corrected chi connectivity index (χ0v) is 15.4. The molecular weight excluding hydrogens is 350 g/mol. The smallest absolute Gasteiger partial charge is 0.331 e. The van der Waals surface area contributed by atoms with Crippen LogP contribution in [0.5, 0.6) is 17.2 Å². The minimum atomic E-state index is -0.648. The molecule has 142 valence electrons. The Morgan fingerprint density at radius 1 is 0.926 bits per heavy atom. The van der Waals surface area contributed by atoms with Gasteiger partial charge in [0.15, 0.2) is 6.61 Å². The third-order valence-corrected chi connectivity index (χ3v) is 3.56. The van der Waals surface area contributed by atoms with Crippen LogP contribution in [0.3, 0.4) is 0 Å². The largest absolute Gasteiger partial charge is 0.497 e. The number of methoxy groups -OCH3 is 3. The Kier molecular flexibility index (Phi) is 7.25. The van der Waals surface area contributed by atoms with E-state index in [0.29, 0.717) is 28.5 Å². The second kappa shape index (κ2) is 9.86. The van der Waals surface area contributed by atoms with Crippen molar-refractivity contribution in [2.45, 2.75) is 0 Å². The van der Waals surface area contributed by atoms with Gasteiger partial charge in [0, 0.05) is 17.3 Å². The Labute approximate surface area is 157 Å². The van der Waals surface area contributed by atoms with Crippen LogP contribution in [0.15, 0.2) is 48.5 Å². The van der Waals surface area contributed by atoms with E-state index in [2.05, 4.69) is 5.32 Å². The Morgan fingerprint density at radius 2 is 1.59 bits per heavy atom. The summed E-state index contributed by atoms with van der Waals surface area (Å²) in [5, 5.41) is 2.62. The number of amides is 1. The number of ether oxygens (including phenoxy) is 4. The highest BCUT2D eigenvalue weighted by Crippen LogP contribution is 2.25. The number of carbonyl (C=O) groups excluding carboxylic acids is 2. The quantitative estimate of drug-likeness (QED) is 0.567. The molecule has 0 fully saturated rings. The van der Waals surface area contributed by atoms with Crippen molar-refractivity contribution in [3.8, 4) is 17.2 Å². The lowest BCUT2D eigenvalue weighted by Crippen LogP contribution is -2.20. The minimum absolute atomic E-state index is 0.398. The van der Waals surface area contributed by atoms with Gasteiger partial charge in [-0.05, 0) is 48.5 Å². The van der Waals surface area contributed by atoms with Gasteiger partial charge in [0.25, 0.3) is 5.91 Å². The van der Waals surface area contributed by atoms with E-state index in [-0.39, 0.29) is 0 Å². The predicted molar refractivity (Wildman–Crippen MR) is 101 cm³/mol. The highest BCUT2D eigenvalue weighted by molar-refractivity contribution is 5.94. The van der Waals surface area contributed by atoms with E-state index in [0.717, 1.165) is 0 Å². The first-order chi connectivity index (χ1) is 13.0. The maximum absolute atomic E-state index is 11.8. The lowest BCUT2D eigenvalue weighted by Gasteiger charge is -2.07. The van der Waals surface area contributed by atoms with Crippen LogP contribution in [0.4, 0.5) is 5.69 Å². The Hall–Kier alpha value is -3.48. The molecule has 2 aromatic carbocycles. The molecular formula is C20H21NO6. The molecule has 0 atom stereocenters. The van der Waals surface area contributed by atoms with E-state index in [9.17, 15) is 9.59 Å². The van der Waals surface area contributed by atoms with Crippen LogP contribution in [0.1, 0.15) is 5.56 Å². The van der Waals surface area contributed by atoms with E-state index in [1.54, 1.807) is 56.7 Å². The molecule has 0 saturated carbocycles. The number of anilines is 1. The van der Waals surface area contributed by atoms with Crippen molar-refractivity contribution in [1.82, 2.24) is 0 Å². The monoisotopic (exact) mass is 371 g/mol. The van der Waals surface area contributed by atoms with Gasteiger partial charge in [-0.1, -0.05) is 0 Å². The van der Waals surface area contributed by atoms with Gasteiger partial charge >= 0.3 is 5.97 Å². The fourth-order valence-electron chi connectivity index (χ4n) is 2.18. The number of rotatable bonds is 8. The van der Waals surface area contributed by atoms with Crippen LogP contribution >= 0.6 is 0 Å². The topological polar surface area (TPSA) is 83.1 Å². The summed E-state index contributed by atoms with van der Waals surface area (Å²) in [6.07, 6.45) is 2.75. The van der Waals surface area contributed by atoms with Crippen LogP contribution in [0, 0.1) is 0 Å². The molecule has 2 rings (SSSR count). The SMILES string of the molecule is COc1ccc(NC(=O)COC(=O)/C=C/c2cc(OC)ccc2OC)cc1. The first-order valence-electron chi connectivity index (χ1n) is 8.06. The molecule has 1 N–H and O–H groups in total. The van der Waals surface area contributed by atoms with Crippen molar-refractivity contribution in [1.29, 1.82) is 0 Å². The Balaban J connectivity index is 1.88.